The Morgan fingerprint density at radius 1 is 1.40 bits per heavy atom. The standard InChI is InChI=1S/C13H10BrClN2O3/c1-20-8-2-3-9(14)10(6-8)16-12-5-7(13(18)19)4-11(15)17-12/h2-6H,1H3,(H,16,17)(H,18,19). The number of pyridine rings is 1. The van der Waals surface area contributed by atoms with Crippen molar-refractivity contribution in [3.05, 3.63) is 45.5 Å². The van der Waals surface area contributed by atoms with Crippen molar-refractivity contribution in [1.29, 1.82) is 0 Å². The second-order valence-corrected chi connectivity index (χ2v) is 5.08. The van der Waals surface area contributed by atoms with Crippen LogP contribution in [0.5, 0.6) is 5.75 Å². The van der Waals surface area contributed by atoms with Crippen molar-refractivity contribution in [2.45, 2.75) is 0 Å². The van der Waals surface area contributed by atoms with Gasteiger partial charge in [-0.3, -0.25) is 0 Å². The van der Waals surface area contributed by atoms with Gasteiger partial charge in [0.2, 0.25) is 0 Å². The predicted octanol–water partition coefficient (Wildman–Crippen LogP) is 3.95. The van der Waals surface area contributed by atoms with Crippen LogP contribution in [-0.2, 0) is 0 Å². The van der Waals surface area contributed by atoms with E-state index >= 15 is 0 Å². The van der Waals surface area contributed by atoms with Crippen LogP contribution < -0.4 is 10.1 Å². The molecule has 0 bridgehead atoms. The number of hydrogen-bond acceptors (Lipinski definition) is 4. The van der Waals surface area contributed by atoms with Crippen LogP contribution in [0.25, 0.3) is 0 Å². The maximum Gasteiger partial charge on any atom is 0.335 e. The van der Waals surface area contributed by atoms with Crippen LogP contribution in [0.1, 0.15) is 10.4 Å². The molecule has 0 radical (unpaired) electrons. The highest BCUT2D eigenvalue weighted by Crippen LogP contribution is 2.30. The molecule has 2 N–H and O–H groups in total. The summed E-state index contributed by atoms with van der Waals surface area (Å²) in [5.74, 6) is -0.0675. The van der Waals surface area contributed by atoms with Crippen molar-refractivity contribution in [2.75, 3.05) is 12.4 Å². The fourth-order valence-electron chi connectivity index (χ4n) is 1.55. The molecule has 0 aliphatic rings. The van der Waals surface area contributed by atoms with Gasteiger partial charge >= 0.3 is 5.97 Å². The van der Waals surface area contributed by atoms with E-state index in [1.54, 1.807) is 19.2 Å². The molecule has 2 aromatic rings. The summed E-state index contributed by atoms with van der Waals surface area (Å²) in [6.07, 6.45) is 0. The second-order valence-electron chi connectivity index (χ2n) is 3.84. The topological polar surface area (TPSA) is 71.5 Å². The minimum atomic E-state index is -1.07. The number of nitrogens with zero attached hydrogens (tertiary/aromatic N) is 1. The van der Waals surface area contributed by atoms with E-state index in [1.807, 2.05) is 6.07 Å². The Morgan fingerprint density at radius 3 is 2.80 bits per heavy atom. The van der Waals surface area contributed by atoms with Crippen molar-refractivity contribution in [2.24, 2.45) is 0 Å². The molecule has 0 amide bonds. The summed E-state index contributed by atoms with van der Waals surface area (Å²) in [6.45, 7) is 0. The van der Waals surface area contributed by atoms with Gasteiger partial charge in [0, 0.05) is 10.5 Å². The zero-order valence-electron chi connectivity index (χ0n) is 10.4. The molecule has 5 nitrogen and oxygen atoms in total. The van der Waals surface area contributed by atoms with Crippen molar-refractivity contribution >= 4 is 45.0 Å². The Kier molecular flexibility index (Phi) is 4.46. The van der Waals surface area contributed by atoms with Crippen LogP contribution in [0.15, 0.2) is 34.8 Å². The number of aromatic carboxylic acids is 1. The first kappa shape index (κ1) is 14.6. The van der Waals surface area contributed by atoms with Crippen molar-refractivity contribution in [1.82, 2.24) is 4.98 Å². The number of aromatic nitrogens is 1. The summed E-state index contributed by atoms with van der Waals surface area (Å²) in [6, 6.07) is 8.05. The minimum absolute atomic E-state index is 0.0616. The molecule has 0 aliphatic heterocycles. The van der Waals surface area contributed by atoms with E-state index in [0.29, 0.717) is 17.3 Å². The van der Waals surface area contributed by atoms with E-state index in [9.17, 15) is 4.79 Å². The van der Waals surface area contributed by atoms with Crippen molar-refractivity contribution < 1.29 is 14.6 Å². The van der Waals surface area contributed by atoms with Crippen molar-refractivity contribution in [3.8, 4) is 5.75 Å². The molecule has 2 rings (SSSR count). The average molecular weight is 358 g/mol. The molecule has 0 atom stereocenters. The van der Waals surface area contributed by atoms with Crippen LogP contribution in [-0.4, -0.2) is 23.2 Å². The molecule has 0 fully saturated rings. The number of carboxylic acids is 1. The lowest BCUT2D eigenvalue weighted by Crippen LogP contribution is -2.01. The Balaban J connectivity index is 2.36. The highest BCUT2D eigenvalue weighted by Gasteiger charge is 2.09. The summed E-state index contributed by atoms with van der Waals surface area (Å²) in [7, 11) is 1.56. The molecule has 1 aromatic carbocycles. The number of carbonyl (C=O) groups is 1. The number of carboxylic acid groups (broad SMARTS) is 1. The molecule has 1 aromatic heterocycles. The van der Waals surface area contributed by atoms with Gasteiger partial charge in [-0.15, -0.1) is 0 Å². The van der Waals surface area contributed by atoms with Crippen LogP contribution in [0.2, 0.25) is 5.15 Å². The minimum Gasteiger partial charge on any atom is -0.497 e. The van der Waals surface area contributed by atoms with Gasteiger partial charge in [-0.2, -0.15) is 0 Å². The Labute approximate surface area is 128 Å². The molecule has 0 saturated heterocycles. The van der Waals surface area contributed by atoms with E-state index in [0.717, 1.165) is 4.47 Å². The summed E-state index contributed by atoms with van der Waals surface area (Å²) < 4.78 is 5.92. The third-order valence-electron chi connectivity index (χ3n) is 2.48. The molecule has 0 spiro atoms. The normalized spacial score (nSPS) is 10.2. The number of anilines is 2. The fraction of sp³-hybridized carbons (Fsp3) is 0.0769. The monoisotopic (exact) mass is 356 g/mol. The molecule has 0 unspecified atom stereocenters. The smallest absolute Gasteiger partial charge is 0.335 e. The summed E-state index contributed by atoms with van der Waals surface area (Å²) >= 11 is 9.20. The summed E-state index contributed by atoms with van der Waals surface area (Å²) in [5.41, 5.74) is 0.752. The van der Waals surface area contributed by atoms with E-state index in [-0.39, 0.29) is 10.7 Å². The van der Waals surface area contributed by atoms with Gasteiger partial charge < -0.3 is 15.2 Å². The van der Waals surface area contributed by atoms with E-state index in [1.165, 1.54) is 12.1 Å². The molecule has 1 heterocycles. The first-order chi connectivity index (χ1) is 9.49. The van der Waals surface area contributed by atoms with Gasteiger partial charge in [0.1, 0.15) is 16.7 Å². The SMILES string of the molecule is COc1ccc(Br)c(Nc2cc(C(=O)O)cc(Cl)n2)c1. The van der Waals surface area contributed by atoms with Crippen LogP contribution in [0.3, 0.4) is 0 Å². The number of hydrogen-bond donors (Lipinski definition) is 2. The van der Waals surface area contributed by atoms with Crippen LogP contribution >= 0.6 is 27.5 Å². The van der Waals surface area contributed by atoms with Crippen molar-refractivity contribution in [3.63, 3.8) is 0 Å². The van der Waals surface area contributed by atoms with Crippen LogP contribution in [0, 0.1) is 0 Å². The highest BCUT2D eigenvalue weighted by molar-refractivity contribution is 9.10. The Hall–Kier alpha value is -1.79. The summed E-state index contributed by atoms with van der Waals surface area (Å²) in [4.78, 5) is 15.0. The van der Waals surface area contributed by atoms with Gasteiger partial charge in [-0.05, 0) is 40.2 Å². The maximum atomic E-state index is 11.0. The molecule has 0 aliphatic carbocycles. The number of ether oxygens (including phenoxy) is 1. The molecular formula is C13H10BrClN2O3. The maximum absolute atomic E-state index is 11.0. The predicted molar refractivity (Wildman–Crippen MR) is 80.2 cm³/mol. The third kappa shape index (κ3) is 3.40. The van der Waals surface area contributed by atoms with E-state index < -0.39 is 5.97 Å². The molecule has 20 heavy (non-hydrogen) atoms. The van der Waals surface area contributed by atoms with Gasteiger partial charge in [-0.25, -0.2) is 9.78 Å². The lowest BCUT2D eigenvalue weighted by Gasteiger charge is -2.10. The number of rotatable bonds is 4. The highest BCUT2D eigenvalue weighted by atomic mass is 79.9. The number of methoxy groups -OCH3 is 1. The van der Waals surface area contributed by atoms with Gasteiger partial charge in [0.25, 0.3) is 0 Å². The first-order valence-corrected chi connectivity index (χ1v) is 6.68. The van der Waals surface area contributed by atoms with Gasteiger partial charge in [0.05, 0.1) is 18.4 Å². The van der Waals surface area contributed by atoms with E-state index in [2.05, 4.69) is 26.2 Å². The molecule has 104 valence electrons. The van der Waals surface area contributed by atoms with Gasteiger partial charge in [-0.1, -0.05) is 11.6 Å². The Morgan fingerprint density at radius 2 is 2.15 bits per heavy atom. The molecular weight excluding hydrogens is 348 g/mol. The van der Waals surface area contributed by atoms with E-state index in [4.69, 9.17) is 21.4 Å². The van der Waals surface area contributed by atoms with Gasteiger partial charge in [0.15, 0.2) is 0 Å². The lowest BCUT2D eigenvalue weighted by atomic mass is 10.2. The zero-order chi connectivity index (χ0) is 14.7. The molecule has 7 heteroatoms. The average Bonchev–Trinajstić information content (AvgIpc) is 2.40. The number of nitrogens with one attached hydrogen (secondary N) is 1. The largest absolute Gasteiger partial charge is 0.497 e. The zero-order valence-corrected chi connectivity index (χ0v) is 12.7. The second kappa shape index (κ2) is 6.11. The third-order valence-corrected chi connectivity index (χ3v) is 3.36. The summed E-state index contributed by atoms with van der Waals surface area (Å²) in [5, 5.41) is 12.1. The Bertz CT molecular complexity index is 664. The fourth-order valence-corrected chi connectivity index (χ4v) is 2.10. The molecule has 0 saturated carbocycles. The number of halogens is 2. The number of benzene rings is 1. The quantitative estimate of drug-likeness (QED) is 0.811. The van der Waals surface area contributed by atoms with Crippen LogP contribution in [0.4, 0.5) is 11.5 Å². The lowest BCUT2D eigenvalue weighted by molar-refractivity contribution is 0.0697. The first-order valence-electron chi connectivity index (χ1n) is 5.51.